The van der Waals surface area contributed by atoms with E-state index in [1.54, 1.807) is 72.8 Å². The smallest absolute Gasteiger partial charge is 0.241 e. The molecule has 2 amide bonds. The monoisotopic (exact) mass is 627 g/mol. The topological polar surface area (TPSA) is 80.8 Å². The van der Waals surface area contributed by atoms with Crippen LogP contribution in [0.5, 0.6) is 0 Å². The zero-order valence-electron chi connectivity index (χ0n) is 17.4. The molecule has 2 saturated heterocycles. The Balaban J connectivity index is 1.54. The number of nitrogens with zero attached hydrogens (tertiary/aromatic N) is 1. The van der Waals surface area contributed by atoms with Crippen molar-refractivity contribution in [3.63, 3.8) is 0 Å². The van der Waals surface area contributed by atoms with Gasteiger partial charge in [-0.1, -0.05) is 52.3 Å². The summed E-state index contributed by atoms with van der Waals surface area (Å²) in [6.45, 7) is 0. The van der Waals surface area contributed by atoms with Crippen LogP contribution < -0.4 is 4.90 Å². The number of ether oxygens (including phenoxy) is 1. The quantitative estimate of drug-likeness (QED) is 0.233. The third kappa shape index (κ3) is 2.82. The lowest BCUT2D eigenvalue weighted by Crippen LogP contribution is -2.51. The van der Waals surface area contributed by atoms with E-state index in [0.29, 0.717) is 11.3 Å². The van der Waals surface area contributed by atoms with Crippen molar-refractivity contribution in [2.75, 3.05) is 4.90 Å². The molecule has 3 aliphatic rings. The zero-order valence-corrected chi connectivity index (χ0v) is 21.1. The summed E-state index contributed by atoms with van der Waals surface area (Å²) in [6, 6.07) is 20.6. The number of Topliss-reactive ketones (excluding diaryl/α,β-unsaturated/α-hetero) is 2. The first-order valence-electron chi connectivity index (χ1n) is 10.6. The minimum absolute atomic E-state index is 0.218. The minimum atomic E-state index is -2.06. The van der Waals surface area contributed by atoms with Crippen LogP contribution in [0.25, 0.3) is 0 Å². The van der Waals surface area contributed by atoms with Gasteiger partial charge in [-0.2, -0.15) is 0 Å². The molecule has 2 aliphatic heterocycles. The number of hydrogen-bond donors (Lipinski definition) is 0. The molecule has 3 aromatic carbocycles. The fourth-order valence-electron chi connectivity index (χ4n) is 5.32. The van der Waals surface area contributed by atoms with E-state index in [1.165, 1.54) is 0 Å². The number of fused-ring (bicyclic) bond motifs is 3. The fourth-order valence-corrected chi connectivity index (χ4v) is 5.94. The van der Waals surface area contributed by atoms with E-state index in [2.05, 4.69) is 38.5 Å². The number of imide groups is 1. The summed E-state index contributed by atoms with van der Waals surface area (Å²) >= 11 is 5.54. The summed E-state index contributed by atoms with van der Waals surface area (Å²) in [6.07, 6.45) is -0.925. The molecule has 2 fully saturated rings. The second-order valence-corrected chi connectivity index (χ2v) is 10.7. The third-order valence-corrected chi connectivity index (χ3v) is 8.05. The van der Waals surface area contributed by atoms with Crippen LogP contribution in [-0.4, -0.2) is 29.0 Å². The van der Waals surface area contributed by atoms with Gasteiger partial charge < -0.3 is 4.74 Å². The van der Waals surface area contributed by atoms with Gasteiger partial charge in [0.25, 0.3) is 0 Å². The van der Waals surface area contributed by atoms with E-state index >= 15 is 0 Å². The highest BCUT2D eigenvalue weighted by Gasteiger charge is 2.74. The van der Waals surface area contributed by atoms with E-state index in [-0.39, 0.29) is 11.1 Å². The van der Waals surface area contributed by atoms with E-state index in [4.69, 9.17) is 4.74 Å². The van der Waals surface area contributed by atoms with Crippen molar-refractivity contribution in [1.82, 2.24) is 0 Å². The highest BCUT2D eigenvalue weighted by molar-refractivity contribution is 14.1. The molecule has 3 unspecified atom stereocenters. The van der Waals surface area contributed by atoms with Crippen LogP contribution >= 0.6 is 38.5 Å². The van der Waals surface area contributed by atoms with Crippen LogP contribution in [0.4, 0.5) is 5.69 Å². The number of ketones is 2. The van der Waals surface area contributed by atoms with Gasteiger partial charge in [-0.3, -0.25) is 19.2 Å². The number of halogens is 2. The molecule has 34 heavy (non-hydrogen) atoms. The Morgan fingerprint density at radius 3 is 1.97 bits per heavy atom. The Morgan fingerprint density at radius 1 is 0.794 bits per heavy atom. The minimum Gasteiger partial charge on any atom is -0.349 e. The molecular formula is C26H15BrINO5. The molecule has 1 spiro atoms. The van der Waals surface area contributed by atoms with Gasteiger partial charge in [-0.15, -0.1) is 0 Å². The third-order valence-electron chi connectivity index (χ3n) is 6.80. The van der Waals surface area contributed by atoms with Crippen molar-refractivity contribution in [1.29, 1.82) is 0 Å². The molecule has 3 aromatic rings. The molecule has 0 bridgehead atoms. The maximum absolute atomic E-state index is 13.8. The van der Waals surface area contributed by atoms with Crippen molar-refractivity contribution < 1.29 is 23.9 Å². The van der Waals surface area contributed by atoms with Crippen LogP contribution in [-0.2, 0) is 14.3 Å². The highest BCUT2D eigenvalue weighted by Crippen LogP contribution is 2.57. The number of hydrogen-bond acceptors (Lipinski definition) is 5. The number of carbonyl (C=O) groups excluding carboxylic acids is 4. The van der Waals surface area contributed by atoms with Gasteiger partial charge in [0.2, 0.25) is 29.0 Å². The second-order valence-electron chi connectivity index (χ2n) is 8.52. The summed E-state index contributed by atoms with van der Waals surface area (Å²) in [5.74, 6) is -4.44. The molecule has 8 heteroatoms. The van der Waals surface area contributed by atoms with Crippen LogP contribution in [0.15, 0.2) is 77.3 Å². The van der Waals surface area contributed by atoms with Crippen LogP contribution in [0.2, 0.25) is 0 Å². The largest absolute Gasteiger partial charge is 0.349 e. The zero-order chi connectivity index (χ0) is 23.8. The van der Waals surface area contributed by atoms with Gasteiger partial charge >= 0.3 is 0 Å². The van der Waals surface area contributed by atoms with Crippen LogP contribution in [0, 0.1) is 15.4 Å². The van der Waals surface area contributed by atoms with Gasteiger partial charge in [-0.05, 0) is 64.6 Å². The predicted molar refractivity (Wildman–Crippen MR) is 134 cm³/mol. The van der Waals surface area contributed by atoms with Gasteiger partial charge in [0, 0.05) is 19.2 Å². The lowest BCUT2D eigenvalue weighted by molar-refractivity contribution is -0.127. The maximum atomic E-state index is 13.8. The van der Waals surface area contributed by atoms with Crippen molar-refractivity contribution >= 4 is 67.6 Å². The van der Waals surface area contributed by atoms with Gasteiger partial charge in [-0.25, -0.2) is 4.90 Å². The Morgan fingerprint density at radius 2 is 1.38 bits per heavy atom. The molecule has 0 N–H and O–H groups in total. The number of rotatable bonds is 2. The number of benzene rings is 3. The Kier molecular flexibility index (Phi) is 4.91. The lowest BCUT2D eigenvalue weighted by atomic mass is 9.77. The SMILES string of the molecule is O=C1C2C(c3ccc(Br)cc3)OC3(C(=O)c4ccccc4C3=O)C2C(=O)N1c1ccc(I)cc1. The van der Waals surface area contributed by atoms with Crippen molar-refractivity contribution in [3.8, 4) is 0 Å². The molecule has 0 radical (unpaired) electrons. The molecule has 168 valence electrons. The summed E-state index contributed by atoms with van der Waals surface area (Å²) in [5.41, 5.74) is -0.593. The summed E-state index contributed by atoms with van der Waals surface area (Å²) in [7, 11) is 0. The molecule has 2 heterocycles. The van der Waals surface area contributed by atoms with Crippen molar-refractivity contribution in [3.05, 3.63) is 97.5 Å². The molecule has 6 nitrogen and oxygen atoms in total. The lowest BCUT2D eigenvalue weighted by Gasteiger charge is -2.27. The average molecular weight is 628 g/mol. The molecule has 0 saturated carbocycles. The predicted octanol–water partition coefficient (Wildman–Crippen LogP) is 4.75. The second kappa shape index (κ2) is 7.66. The number of anilines is 1. The standard InChI is InChI=1S/C26H15BrINO5/c27-14-7-5-13(6-8-14)21-19-20(25(33)29(24(19)32)16-11-9-15(28)10-12-16)26(34-21)22(30)17-3-1-2-4-18(17)23(26)31/h1-12,19-21H. The van der Waals surface area contributed by atoms with Gasteiger partial charge in [0.15, 0.2) is 0 Å². The van der Waals surface area contributed by atoms with E-state index in [9.17, 15) is 19.2 Å². The highest BCUT2D eigenvalue weighted by atomic mass is 127. The normalized spacial score (nSPS) is 24.8. The number of amides is 2. The fraction of sp³-hybridized carbons (Fsp3) is 0.154. The molecular weight excluding hydrogens is 613 g/mol. The Hall–Kier alpha value is -2.69. The summed E-state index contributed by atoms with van der Waals surface area (Å²) < 4.78 is 8.05. The maximum Gasteiger partial charge on any atom is 0.241 e. The van der Waals surface area contributed by atoms with E-state index in [0.717, 1.165) is 12.9 Å². The molecule has 6 rings (SSSR count). The van der Waals surface area contributed by atoms with Crippen molar-refractivity contribution in [2.45, 2.75) is 11.7 Å². The first kappa shape index (κ1) is 21.8. The van der Waals surface area contributed by atoms with Gasteiger partial charge in [0.1, 0.15) is 0 Å². The van der Waals surface area contributed by atoms with Crippen LogP contribution in [0.1, 0.15) is 32.4 Å². The van der Waals surface area contributed by atoms with Crippen LogP contribution in [0.3, 0.4) is 0 Å². The Labute approximate surface area is 216 Å². The summed E-state index contributed by atoms with van der Waals surface area (Å²) in [4.78, 5) is 56.1. The average Bonchev–Trinajstić information content (AvgIpc) is 3.40. The summed E-state index contributed by atoms with van der Waals surface area (Å²) in [5, 5.41) is 0. The van der Waals surface area contributed by atoms with Crippen molar-refractivity contribution in [2.24, 2.45) is 11.8 Å². The first-order chi connectivity index (χ1) is 16.3. The molecule has 3 atom stereocenters. The van der Waals surface area contributed by atoms with E-state index in [1.807, 2.05) is 0 Å². The Bertz CT molecular complexity index is 1370. The molecule has 1 aliphatic carbocycles. The number of carbonyl (C=O) groups is 4. The first-order valence-corrected chi connectivity index (χ1v) is 12.5. The van der Waals surface area contributed by atoms with E-state index < -0.39 is 46.9 Å². The molecule has 0 aromatic heterocycles. The van der Waals surface area contributed by atoms with Gasteiger partial charge in [0.05, 0.1) is 23.6 Å².